The third-order valence-electron chi connectivity index (χ3n) is 6.28. The number of phenolic OH excluding ortho intramolecular Hbond substituents is 1. The van der Waals surface area contributed by atoms with E-state index in [9.17, 15) is 9.90 Å². The average molecular weight is 462 g/mol. The van der Waals surface area contributed by atoms with Gasteiger partial charge in [-0.2, -0.15) is 0 Å². The smallest absolute Gasteiger partial charge is 0.259 e. The van der Waals surface area contributed by atoms with E-state index in [-0.39, 0.29) is 17.2 Å². The number of ether oxygens (including phenoxy) is 1. The van der Waals surface area contributed by atoms with E-state index in [1.54, 1.807) is 6.07 Å². The average Bonchev–Trinajstić information content (AvgIpc) is 2.84. The lowest BCUT2D eigenvalue weighted by atomic mass is 10.0. The van der Waals surface area contributed by atoms with E-state index >= 15 is 0 Å². The summed E-state index contributed by atoms with van der Waals surface area (Å²) in [6.07, 6.45) is 12.8. The van der Waals surface area contributed by atoms with E-state index in [1.807, 2.05) is 55.5 Å². The van der Waals surface area contributed by atoms with Crippen molar-refractivity contribution in [2.75, 3.05) is 11.9 Å². The fourth-order valence-corrected chi connectivity index (χ4v) is 4.27. The maximum Gasteiger partial charge on any atom is 0.259 e. The first-order valence-electron chi connectivity index (χ1n) is 12.9. The summed E-state index contributed by atoms with van der Waals surface area (Å²) in [5, 5.41) is 15.1. The molecule has 4 heteroatoms. The molecule has 0 aliphatic carbocycles. The molecule has 0 atom stereocenters. The molecule has 0 unspecified atom stereocenters. The van der Waals surface area contributed by atoms with Crippen LogP contribution in [0.4, 0.5) is 5.69 Å². The van der Waals surface area contributed by atoms with E-state index in [2.05, 4.69) is 12.2 Å². The van der Waals surface area contributed by atoms with Crippen molar-refractivity contribution in [1.29, 1.82) is 0 Å². The van der Waals surface area contributed by atoms with E-state index in [1.165, 1.54) is 51.4 Å². The fraction of sp³-hybridized carbons (Fsp3) is 0.433. The maximum absolute atomic E-state index is 13.0. The zero-order valence-corrected chi connectivity index (χ0v) is 20.7. The minimum absolute atomic E-state index is 0.00363. The Morgan fingerprint density at radius 3 is 2.26 bits per heavy atom. The van der Waals surface area contributed by atoms with Gasteiger partial charge in [-0.1, -0.05) is 101 Å². The standard InChI is InChI=1S/C30H39NO3/c1-3-4-5-6-7-8-9-10-11-14-21-34-28-20-17-23(2)22-27(28)31-30(33)26-19-18-24-15-12-13-16-25(24)29(26)32/h12-13,15-20,22,32H,3-11,14,21H2,1-2H3,(H,31,33). The van der Waals surface area contributed by atoms with E-state index < -0.39 is 0 Å². The van der Waals surface area contributed by atoms with Gasteiger partial charge in [-0.15, -0.1) is 0 Å². The molecule has 3 aromatic carbocycles. The summed E-state index contributed by atoms with van der Waals surface area (Å²) in [5.41, 5.74) is 1.91. The van der Waals surface area contributed by atoms with Crippen molar-refractivity contribution in [2.45, 2.75) is 78.1 Å². The molecular weight excluding hydrogens is 422 g/mol. The maximum atomic E-state index is 13.0. The lowest BCUT2D eigenvalue weighted by Crippen LogP contribution is -2.13. The van der Waals surface area contributed by atoms with Crippen molar-refractivity contribution < 1.29 is 14.6 Å². The van der Waals surface area contributed by atoms with Crippen molar-refractivity contribution >= 4 is 22.4 Å². The lowest BCUT2D eigenvalue weighted by molar-refractivity contribution is 0.102. The Morgan fingerprint density at radius 2 is 1.53 bits per heavy atom. The highest BCUT2D eigenvalue weighted by Gasteiger charge is 2.16. The van der Waals surface area contributed by atoms with Gasteiger partial charge in [-0.25, -0.2) is 0 Å². The number of carbonyl (C=O) groups excluding carboxylic acids is 1. The van der Waals surface area contributed by atoms with Crippen molar-refractivity contribution in [3.63, 3.8) is 0 Å². The number of hydrogen-bond acceptors (Lipinski definition) is 3. The monoisotopic (exact) mass is 461 g/mol. The van der Waals surface area contributed by atoms with E-state index in [0.29, 0.717) is 23.4 Å². The van der Waals surface area contributed by atoms with Gasteiger partial charge in [0.2, 0.25) is 0 Å². The van der Waals surface area contributed by atoms with Gasteiger partial charge < -0.3 is 15.2 Å². The summed E-state index contributed by atoms with van der Waals surface area (Å²) in [6.45, 7) is 4.87. The number of anilines is 1. The Bertz CT molecular complexity index is 1060. The fourth-order valence-electron chi connectivity index (χ4n) is 4.27. The van der Waals surface area contributed by atoms with Crippen LogP contribution in [0.15, 0.2) is 54.6 Å². The predicted molar refractivity (Wildman–Crippen MR) is 142 cm³/mol. The van der Waals surface area contributed by atoms with E-state index in [4.69, 9.17) is 4.74 Å². The number of fused-ring (bicyclic) bond motifs is 1. The van der Waals surface area contributed by atoms with Crippen LogP contribution in [0, 0.1) is 6.92 Å². The predicted octanol–water partition coefficient (Wildman–Crippen LogP) is 8.41. The van der Waals surface area contributed by atoms with Crippen LogP contribution in [-0.4, -0.2) is 17.6 Å². The lowest BCUT2D eigenvalue weighted by Gasteiger charge is -2.14. The highest BCUT2D eigenvalue weighted by molar-refractivity contribution is 6.10. The molecule has 4 nitrogen and oxygen atoms in total. The molecule has 0 saturated carbocycles. The molecule has 0 aliphatic rings. The number of phenols is 1. The zero-order chi connectivity index (χ0) is 24.2. The Labute approximate surface area is 204 Å². The SMILES string of the molecule is CCCCCCCCCCCCOc1ccc(C)cc1NC(=O)c1ccc2ccccc2c1O. The molecule has 0 aliphatic heterocycles. The third kappa shape index (κ3) is 7.51. The second kappa shape index (κ2) is 13.6. The van der Waals surface area contributed by atoms with Gasteiger partial charge >= 0.3 is 0 Å². The molecule has 0 spiro atoms. The topological polar surface area (TPSA) is 58.6 Å². The van der Waals surface area contributed by atoms with Gasteiger partial charge in [0.15, 0.2) is 0 Å². The normalized spacial score (nSPS) is 11.0. The van der Waals surface area contributed by atoms with Crippen LogP contribution in [0.3, 0.4) is 0 Å². The zero-order valence-electron chi connectivity index (χ0n) is 20.7. The van der Waals surface area contributed by atoms with E-state index in [0.717, 1.165) is 23.8 Å². The number of hydrogen-bond donors (Lipinski definition) is 2. The number of benzene rings is 3. The minimum atomic E-state index is -0.349. The van der Waals surface area contributed by atoms with Gasteiger partial charge in [0.25, 0.3) is 5.91 Å². The van der Waals surface area contributed by atoms with Crippen LogP contribution >= 0.6 is 0 Å². The molecule has 3 aromatic rings. The Hall–Kier alpha value is -3.01. The quantitative estimate of drug-likeness (QED) is 0.237. The summed E-state index contributed by atoms with van der Waals surface area (Å²) in [4.78, 5) is 13.0. The summed E-state index contributed by atoms with van der Waals surface area (Å²) in [7, 11) is 0. The summed E-state index contributed by atoms with van der Waals surface area (Å²) in [5.74, 6) is 0.309. The molecule has 0 radical (unpaired) electrons. The highest BCUT2D eigenvalue weighted by atomic mass is 16.5. The van der Waals surface area contributed by atoms with Gasteiger partial charge in [-0.05, 0) is 42.5 Å². The second-order valence-electron chi connectivity index (χ2n) is 9.17. The molecular formula is C30H39NO3. The van der Waals surface area contributed by atoms with Gasteiger partial charge in [0, 0.05) is 5.39 Å². The van der Waals surface area contributed by atoms with Crippen molar-refractivity contribution in [3.05, 3.63) is 65.7 Å². The van der Waals surface area contributed by atoms with Gasteiger partial charge in [0.1, 0.15) is 11.5 Å². The molecule has 3 rings (SSSR count). The number of unbranched alkanes of at least 4 members (excludes halogenated alkanes) is 9. The second-order valence-corrected chi connectivity index (χ2v) is 9.17. The highest BCUT2D eigenvalue weighted by Crippen LogP contribution is 2.31. The van der Waals surface area contributed by atoms with Gasteiger partial charge in [-0.3, -0.25) is 4.79 Å². The van der Waals surface area contributed by atoms with Crippen LogP contribution in [0.2, 0.25) is 0 Å². The molecule has 0 fully saturated rings. The summed E-state index contributed by atoms with van der Waals surface area (Å²) >= 11 is 0. The van der Waals surface area contributed by atoms with Crippen LogP contribution in [0.25, 0.3) is 10.8 Å². The van der Waals surface area contributed by atoms with Crippen LogP contribution in [0.5, 0.6) is 11.5 Å². The Kier molecular flexibility index (Phi) is 10.3. The molecule has 1 amide bonds. The van der Waals surface area contributed by atoms with Crippen LogP contribution in [-0.2, 0) is 0 Å². The Balaban J connectivity index is 1.49. The number of nitrogens with one attached hydrogen (secondary N) is 1. The molecule has 0 bridgehead atoms. The minimum Gasteiger partial charge on any atom is -0.506 e. The number of aromatic hydroxyl groups is 1. The third-order valence-corrected chi connectivity index (χ3v) is 6.28. The number of amides is 1. The van der Waals surface area contributed by atoms with Crippen LogP contribution in [0.1, 0.15) is 87.1 Å². The molecule has 0 heterocycles. The molecule has 182 valence electrons. The first kappa shape index (κ1) is 25.6. The number of aryl methyl sites for hydroxylation is 1. The van der Waals surface area contributed by atoms with Crippen molar-refractivity contribution in [3.8, 4) is 11.5 Å². The number of carbonyl (C=O) groups is 1. The molecule has 0 aromatic heterocycles. The summed E-state index contributed by atoms with van der Waals surface area (Å²) in [6, 6.07) is 16.8. The van der Waals surface area contributed by atoms with Crippen molar-refractivity contribution in [2.24, 2.45) is 0 Å². The Morgan fingerprint density at radius 1 is 0.853 bits per heavy atom. The number of rotatable bonds is 14. The first-order valence-corrected chi connectivity index (χ1v) is 12.9. The van der Waals surface area contributed by atoms with Crippen molar-refractivity contribution in [1.82, 2.24) is 0 Å². The largest absolute Gasteiger partial charge is 0.506 e. The molecule has 0 saturated heterocycles. The van der Waals surface area contributed by atoms with Crippen LogP contribution < -0.4 is 10.1 Å². The molecule has 2 N–H and O–H groups in total. The first-order chi connectivity index (χ1) is 16.6. The van der Waals surface area contributed by atoms with Gasteiger partial charge in [0.05, 0.1) is 17.9 Å². The molecule has 34 heavy (non-hydrogen) atoms. The summed E-state index contributed by atoms with van der Waals surface area (Å²) < 4.78 is 6.02.